The van der Waals surface area contributed by atoms with Crippen LogP contribution in [0.3, 0.4) is 0 Å². The standard InChI is InChI=1S/C36H45N3O7/c1-35(2,3)46-31(41)20-21-36(34(42)39-37-22-9-13-26-11-6-5-7-12-26)32(28-14-8-15-30(25-28)43-4)45-33(38-36)27-16-18-29(19-17-27)44-24-10-23-40/h5-8,11-12,14-19,25,32,37,40H,9-10,13,20-24H2,1-4H3,(H,39,42)/t32-,36-/m0/s1. The minimum absolute atomic E-state index is 0.0349. The zero-order valence-corrected chi connectivity index (χ0v) is 27.1. The van der Waals surface area contributed by atoms with E-state index in [1.165, 1.54) is 5.56 Å². The van der Waals surface area contributed by atoms with Crippen LogP contribution < -0.4 is 20.3 Å². The summed E-state index contributed by atoms with van der Waals surface area (Å²) < 4.78 is 23.3. The van der Waals surface area contributed by atoms with Gasteiger partial charge in [0, 0.05) is 31.6 Å². The molecule has 46 heavy (non-hydrogen) atoms. The second-order valence-electron chi connectivity index (χ2n) is 12.1. The summed E-state index contributed by atoms with van der Waals surface area (Å²) in [4.78, 5) is 32.1. The molecule has 3 aromatic rings. The molecule has 10 heteroatoms. The highest BCUT2D eigenvalue weighted by molar-refractivity contribution is 6.01. The van der Waals surface area contributed by atoms with Crippen LogP contribution in [-0.2, 0) is 25.5 Å². The van der Waals surface area contributed by atoms with Crippen LogP contribution >= 0.6 is 0 Å². The number of methoxy groups -OCH3 is 1. The van der Waals surface area contributed by atoms with Gasteiger partial charge in [0.2, 0.25) is 5.90 Å². The number of nitrogens with one attached hydrogen (secondary N) is 2. The number of aliphatic hydroxyl groups excluding tert-OH is 1. The molecule has 10 nitrogen and oxygen atoms in total. The van der Waals surface area contributed by atoms with Crippen LogP contribution in [-0.4, -0.2) is 60.9 Å². The van der Waals surface area contributed by atoms with Gasteiger partial charge in [-0.05, 0) is 87.6 Å². The van der Waals surface area contributed by atoms with E-state index in [1.807, 2.05) is 42.5 Å². The van der Waals surface area contributed by atoms with E-state index in [-0.39, 0.29) is 25.3 Å². The highest BCUT2D eigenvalue weighted by Crippen LogP contribution is 2.44. The van der Waals surface area contributed by atoms with Crippen LogP contribution in [0.25, 0.3) is 0 Å². The molecule has 1 amide bonds. The molecule has 246 valence electrons. The summed E-state index contributed by atoms with van der Waals surface area (Å²) in [6.07, 6.45) is 1.28. The van der Waals surface area contributed by atoms with Gasteiger partial charge in [0.25, 0.3) is 5.91 Å². The van der Waals surface area contributed by atoms with Crippen LogP contribution in [0.15, 0.2) is 83.9 Å². The fourth-order valence-corrected chi connectivity index (χ4v) is 5.14. The number of nitrogens with zero attached hydrogens (tertiary/aromatic N) is 1. The maximum atomic E-state index is 14.2. The first-order valence-electron chi connectivity index (χ1n) is 15.7. The Bertz CT molecular complexity index is 1450. The molecule has 0 spiro atoms. The van der Waals surface area contributed by atoms with Gasteiger partial charge in [-0.1, -0.05) is 42.5 Å². The van der Waals surface area contributed by atoms with Gasteiger partial charge in [-0.25, -0.2) is 10.4 Å². The van der Waals surface area contributed by atoms with Crippen molar-refractivity contribution in [3.8, 4) is 11.5 Å². The molecule has 4 rings (SSSR count). The van der Waals surface area contributed by atoms with E-state index in [0.717, 1.165) is 12.8 Å². The van der Waals surface area contributed by atoms with Crippen LogP contribution in [0.5, 0.6) is 11.5 Å². The number of aliphatic imine (C=N–C) groups is 1. The number of hydrogen-bond donors (Lipinski definition) is 3. The van der Waals surface area contributed by atoms with Crippen molar-refractivity contribution in [2.75, 3.05) is 26.9 Å². The lowest BCUT2D eigenvalue weighted by Gasteiger charge is -2.31. The fraction of sp³-hybridized carbons (Fsp3) is 0.417. The van der Waals surface area contributed by atoms with Gasteiger partial charge in [0.1, 0.15) is 17.1 Å². The van der Waals surface area contributed by atoms with E-state index in [0.29, 0.717) is 42.2 Å². The molecule has 3 aromatic carbocycles. The summed E-state index contributed by atoms with van der Waals surface area (Å²) in [5.41, 5.74) is 6.26. The Morgan fingerprint density at radius 3 is 2.43 bits per heavy atom. The number of carbonyl (C=O) groups is 2. The fourth-order valence-electron chi connectivity index (χ4n) is 5.14. The molecular weight excluding hydrogens is 586 g/mol. The topological polar surface area (TPSA) is 128 Å². The lowest BCUT2D eigenvalue weighted by molar-refractivity contribution is -0.155. The monoisotopic (exact) mass is 631 g/mol. The first-order chi connectivity index (χ1) is 22.1. The number of hydrazine groups is 1. The maximum absolute atomic E-state index is 14.2. The van der Waals surface area contributed by atoms with Crippen molar-refractivity contribution < 1.29 is 33.6 Å². The minimum atomic E-state index is -1.51. The summed E-state index contributed by atoms with van der Waals surface area (Å²) in [5, 5.41) is 9.05. The van der Waals surface area contributed by atoms with Gasteiger partial charge in [0.15, 0.2) is 11.6 Å². The molecule has 0 aromatic heterocycles. The van der Waals surface area contributed by atoms with Crippen molar-refractivity contribution in [2.45, 2.75) is 70.1 Å². The Labute approximate surface area is 271 Å². The molecule has 0 unspecified atom stereocenters. The molecule has 0 radical (unpaired) electrons. The molecule has 2 atom stereocenters. The Hall–Kier alpha value is -4.41. The predicted molar refractivity (Wildman–Crippen MR) is 176 cm³/mol. The van der Waals surface area contributed by atoms with Crippen molar-refractivity contribution in [3.63, 3.8) is 0 Å². The molecule has 0 aliphatic carbocycles. The highest BCUT2D eigenvalue weighted by atomic mass is 16.6. The number of ether oxygens (including phenoxy) is 4. The number of esters is 1. The lowest BCUT2D eigenvalue weighted by atomic mass is 9.83. The molecule has 0 saturated heterocycles. The summed E-state index contributed by atoms with van der Waals surface area (Å²) in [6.45, 7) is 6.37. The summed E-state index contributed by atoms with van der Waals surface area (Å²) in [7, 11) is 1.57. The molecule has 3 N–H and O–H groups in total. The molecule has 1 heterocycles. The summed E-state index contributed by atoms with van der Waals surface area (Å²) in [5.74, 6) is 0.627. The van der Waals surface area contributed by atoms with Gasteiger partial charge < -0.3 is 24.1 Å². The average molecular weight is 632 g/mol. The summed E-state index contributed by atoms with van der Waals surface area (Å²) in [6, 6.07) is 24.6. The quantitative estimate of drug-likeness (QED) is 0.113. The molecule has 0 bridgehead atoms. The van der Waals surface area contributed by atoms with E-state index in [4.69, 9.17) is 29.0 Å². The number of rotatable bonds is 16. The van der Waals surface area contributed by atoms with Crippen LogP contribution in [0.4, 0.5) is 0 Å². The summed E-state index contributed by atoms with van der Waals surface area (Å²) >= 11 is 0. The third kappa shape index (κ3) is 9.55. The van der Waals surface area contributed by atoms with Crippen molar-refractivity contribution in [1.29, 1.82) is 0 Å². The Morgan fingerprint density at radius 1 is 0.978 bits per heavy atom. The van der Waals surface area contributed by atoms with Gasteiger partial charge in [0.05, 0.1) is 13.7 Å². The number of benzene rings is 3. The van der Waals surface area contributed by atoms with Crippen molar-refractivity contribution in [2.24, 2.45) is 4.99 Å². The zero-order valence-electron chi connectivity index (χ0n) is 27.1. The van der Waals surface area contributed by atoms with Gasteiger partial charge >= 0.3 is 5.97 Å². The maximum Gasteiger partial charge on any atom is 0.306 e. The Morgan fingerprint density at radius 2 is 1.74 bits per heavy atom. The Kier molecular flexibility index (Phi) is 12.2. The second kappa shape index (κ2) is 16.2. The molecular formula is C36H45N3O7. The molecule has 1 aliphatic rings. The third-order valence-electron chi connectivity index (χ3n) is 7.37. The number of hydrogen-bond acceptors (Lipinski definition) is 9. The molecule has 1 aliphatic heterocycles. The van der Waals surface area contributed by atoms with Gasteiger partial charge in [-0.2, -0.15) is 0 Å². The first-order valence-corrected chi connectivity index (χ1v) is 15.7. The van der Waals surface area contributed by atoms with Crippen molar-refractivity contribution >= 4 is 17.8 Å². The van der Waals surface area contributed by atoms with Crippen LogP contribution in [0.1, 0.15) is 69.2 Å². The van der Waals surface area contributed by atoms with E-state index in [2.05, 4.69) is 23.0 Å². The smallest absolute Gasteiger partial charge is 0.306 e. The van der Waals surface area contributed by atoms with Crippen LogP contribution in [0.2, 0.25) is 0 Å². The van der Waals surface area contributed by atoms with E-state index in [1.54, 1.807) is 52.1 Å². The van der Waals surface area contributed by atoms with E-state index in [9.17, 15) is 9.59 Å². The van der Waals surface area contributed by atoms with Crippen molar-refractivity contribution in [3.05, 3.63) is 95.6 Å². The molecule has 0 saturated carbocycles. The largest absolute Gasteiger partial charge is 0.497 e. The Balaban J connectivity index is 1.63. The first kappa shape index (κ1) is 34.5. The highest BCUT2D eigenvalue weighted by Gasteiger charge is 2.53. The predicted octanol–water partition coefficient (Wildman–Crippen LogP) is 5.09. The lowest BCUT2D eigenvalue weighted by Crippen LogP contribution is -2.53. The number of aliphatic hydroxyl groups is 1. The van der Waals surface area contributed by atoms with Crippen LogP contribution in [0, 0.1) is 0 Å². The number of amides is 1. The van der Waals surface area contributed by atoms with E-state index < -0.39 is 29.1 Å². The average Bonchev–Trinajstić information content (AvgIpc) is 3.45. The zero-order chi connectivity index (χ0) is 33.0. The molecule has 0 fully saturated rings. The number of carbonyl (C=O) groups excluding carboxylic acids is 2. The minimum Gasteiger partial charge on any atom is -0.497 e. The normalized spacial score (nSPS) is 17.5. The number of aryl methyl sites for hydroxylation is 1. The van der Waals surface area contributed by atoms with E-state index >= 15 is 0 Å². The van der Waals surface area contributed by atoms with Gasteiger partial charge in [-0.3, -0.25) is 15.0 Å². The van der Waals surface area contributed by atoms with Gasteiger partial charge in [-0.15, -0.1) is 0 Å². The SMILES string of the molecule is COc1cccc([C@@H]2OC(c3ccc(OCCCO)cc3)=N[C@]2(CCC(=O)OC(C)(C)C)C(=O)NNCCCc2ccccc2)c1. The second-order valence-corrected chi connectivity index (χ2v) is 12.1. The third-order valence-corrected chi connectivity index (χ3v) is 7.37. The van der Waals surface area contributed by atoms with Crippen molar-refractivity contribution in [1.82, 2.24) is 10.9 Å².